The van der Waals surface area contributed by atoms with Crippen molar-refractivity contribution in [3.63, 3.8) is 0 Å². The van der Waals surface area contributed by atoms with Gasteiger partial charge in [0.05, 0.1) is 6.61 Å². The average molecular weight is 272 g/mol. The SMILES string of the molecule is COCC(=NOCCBr)c1ccccc1. The number of rotatable bonds is 6. The first-order chi connectivity index (χ1) is 7.38. The summed E-state index contributed by atoms with van der Waals surface area (Å²) in [5.74, 6) is 0. The molecule has 0 amide bonds. The predicted octanol–water partition coefficient (Wildman–Crippen LogP) is 2.45. The van der Waals surface area contributed by atoms with Crippen molar-refractivity contribution in [1.29, 1.82) is 0 Å². The number of methoxy groups -OCH3 is 1. The van der Waals surface area contributed by atoms with E-state index in [1.807, 2.05) is 30.3 Å². The van der Waals surface area contributed by atoms with E-state index in [2.05, 4.69) is 21.1 Å². The number of benzene rings is 1. The minimum Gasteiger partial charge on any atom is -0.395 e. The predicted molar refractivity (Wildman–Crippen MR) is 64.6 cm³/mol. The molecule has 0 aromatic heterocycles. The fourth-order valence-electron chi connectivity index (χ4n) is 1.09. The van der Waals surface area contributed by atoms with E-state index in [1.165, 1.54) is 0 Å². The Hall–Kier alpha value is -0.870. The van der Waals surface area contributed by atoms with E-state index in [9.17, 15) is 0 Å². The van der Waals surface area contributed by atoms with Crippen LogP contribution in [0.25, 0.3) is 0 Å². The number of alkyl halides is 1. The van der Waals surface area contributed by atoms with Gasteiger partial charge in [-0.25, -0.2) is 0 Å². The molecule has 3 nitrogen and oxygen atoms in total. The molecule has 0 fully saturated rings. The Morgan fingerprint density at radius 1 is 1.33 bits per heavy atom. The van der Waals surface area contributed by atoms with Crippen LogP contribution in [0, 0.1) is 0 Å². The van der Waals surface area contributed by atoms with Gasteiger partial charge in [-0.2, -0.15) is 0 Å². The molecular formula is C11H14BrNO2. The lowest BCUT2D eigenvalue weighted by Gasteiger charge is -2.05. The van der Waals surface area contributed by atoms with E-state index in [0.29, 0.717) is 13.2 Å². The molecule has 0 N–H and O–H groups in total. The molecule has 0 unspecified atom stereocenters. The second kappa shape index (κ2) is 7.43. The normalized spacial score (nSPS) is 11.5. The third-order valence-electron chi connectivity index (χ3n) is 1.73. The number of oxime groups is 1. The van der Waals surface area contributed by atoms with Crippen molar-refractivity contribution < 1.29 is 9.57 Å². The van der Waals surface area contributed by atoms with Crippen LogP contribution < -0.4 is 0 Å². The molecule has 0 saturated heterocycles. The maximum absolute atomic E-state index is 5.11. The van der Waals surface area contributed by atoms with Gasteiger partial charge in [0.15, 0.2) is 0 Å². The number of halogens is 1. The summed E-state index contributed by atoms with van der Waals surface area (Å²) in [6.45, 7) is 1.01. The fourth-order valence-corrected chi connectivity index (χ4v) is 1.23. The monoisotopic (exact) mass is 271 g/mol. The number of nitrogens with zero attached hydrogens (tertiary/aromatic N) is 1. The van der Waals surface area contributed by atoms with Gasteiger partial charge in [0, 0.05) is 18.0 Å². The van der Waals surface area contributed by atoms with Crippen molar-refractivity contribution in [1.82, 2.24) is 0 Å². The molecule has 1 aromatic rings. The lowest BCUT2D eigenvalue weighted by atomic mass is 10.1. The van der Waals surface area contributed by atoms with Crippen LogP contribution in [0.3, 0.4) is 0 Å². The van der Waals surface area contributed by atoms with Crippen LogP contribution in [0.4, 0.5) is 0 Å². The first-order valence-electron chi connectivity index (χ1n) is 4.67. The van der Waals surface area contributed by atoms with Crippen LogP contribution in [-0.4, -0.2) is 31.4 Å². The van der Waals surface area contributed by atoms with Crippen molar-refractivity contribution in [2.24, 2.45) is 5.16 Å². The minimum atomic E-state index is 0.451. The Morgan fingerprint density at radius 2 is 2.07 bits per heavy atom. The lowest BCUT2D eigenvalue weighted by Crippen LogP contribution is -2.10. The van der Waals surface area contributed by atoms with E-state index < -0.39 is 0 Å². The van der Waals surface area contributed by atoms with Crippen molar-refractivity contribution >= 4 is 21.6 Å². The number of ether oxygens (including phenoxy) is 1. The summed E-state index contributed by atoms with van der Waals surface area (Å²) < 4.78 is 5.07. The fraction of sp³-hybridized carbons (Fsp3) is 0.364. The molecular weight excluding hydrogens is 258 g/mol. The van der Waals surface area contributed by atoms with Gasteiger partial charge in [-0.05, 0) is 0 Å². The van der Waals surface area contributed by atoms with Crippen LogP contribution in [0.2, 0.25) is 0 Å². The Bertz CT molecular complexity index is 301. The van der Waals surface area contributed by atoms with E-state index in [0.717, 1.165) is 16.6 Å². The van der Waals surface area contributed by atoms with Crippen molar-refractivity contribution in [3.05, 3.63) is 35.9 Å². The molecule has 4 heteroatoms. The minimum absolute atomic E-state index is 0.451. The smallest absolute Gasteiger partial charge is 0.126 e. The van der Waals surface area contributed by atoms with Gasteiger partial charge in [0.25, 0.3) is 0 Å². The van der Waals surface area contributed by atoms with E-state index in [-0.39, 0.29) is 0 Å². The molecule has 1 rings (SSSR count). The molecule has 0 aliphatic heterocycles. The van der Waals surface area contributed by atoms with Crippen molar-refractivity contribution in [2.45, 2.75) is 0 Å². The molecule has 1 aromatic carbocycles. The molecule has 0 aliphatic rings. The van der Waals surface area contributed by atoms with Gasteiger partial charge >= 0.3 is 0 Å². The lowest BCUT2D eigenvalue weighted by molar-refractivity contribution is 0.157. The molecule has 15 heavy (non-hydrogen) atoms. The standard InChI is InChI=1S/C11H14BrNO2/c1-14-9-11(13-15-8-7-12)10-5-3-2-4-6-10/h2-6H,7-9H2,1H3. The highest BCUT2D eigenvalue weighted by Gasteiger charge is 2.02. The van der Waals surface area contributed by atoms with E-state index in [1.54, 1.807) is 7.11 Å². The van der Waals surface area contributed by atoms with Crippen LogP contribution in [0.5, 0.6) is 0 Å². The molecule has 0 saturated carbocycles. The Kier molecular flexibility index (Phi) is 6.04. The second-order valence-electron chi connectivity index (χ2n) is 2.86. The van der Waals surface area contributed by atoms with Gasteiger partial charge in [0.2, 0.25) is 0 Å². The summed E-state index contributed by atoms with van der Waals surface area (Å²) in [5, 5.41) is 4.80. The quantitative estimate of drug-likeness (QED) is 0.345. The zero-order valence-corrected chi connectivity index (χ0v) is 10.2. The molecule has 0 bridgehead atoms. The van der Waals surface area contributed by atoms with Crippen LogP contribution >= 0.6 is 15.9 Å². The zero-order valence-electron chi connectivity index (χ0n) is 8.65. The van der Waals surface area contributed by atoms with Crippen molar-refractivity contribution in [3.8, 4) is 0 Å². The Labute approximate surface area is 98.2 Å². The maximum Gasteiger partial charge on any atom is 0.126 e. The van der Waals surface area contributed by atoms with Gasteiger partial charge in [0.1, 0.15) is 12.3 Å². The second-order valence-corrected chi connectivity index (χ2v) is 3.65. The Morgan fingerprint density at radius 3 is 2.67 bits per heavy atom. The molecule has 82 valence electrons. The van der Waals surface area contributed by atoms with E-state index in [4.69, 9.17) is 9.57 Å². The highest BCUT2D eigenvalue weighted by Crippen LogP contribution is 2.02. The first-order valence-corrected chi connectivity index (χ1v) is 5.79. The van der Waals surface area contributed by atoms with Crippen LogP contribution in [-0.2, 0) is 9.57 Å². The maximum atomic E-state index is 5.11. The third-order valence-corrected chi connectivity index (χ3v) is 2.05. The summed E-state index contributed by atoms with van der Waals surface area (Å²) in [6, 6.07) is 9.86. The highest BCUT2D eigenvalue weighted by molar-refractivity contribution is 9.09. The summed E-state index contributed by atoms with van der Waals surface area (Å²) in [5.41, 5.74) is 1.83. The average Bonchev–Trinajstić information content (AvgIpc) is 2.29. The zero-order chi connectivity index (χ0) is 10.9. The molecule has 0 aliphatic carbocycles. The van der Waals surface area contributed by atoms with Gasteiger partial charge in [-0.1, -0.05) is 51.4 Å². The Balaban J connectivity index is 2.69. The molecule has 0 heterocycles. The summed E-state index contributed by atoms with van der Waals surface area (Å²) in [6.07, 6.45) is 0. The summed E-state index contributed by atoms with van der Waals surface area (Å²) in [7, 11) is 1.64. The van der Waals surface area contributed by atoms with Crippen LogP contribution in [0.1, 0.15) is 5.56 Å². The summed E-state index contributed by atoms with van der Waals surface area (Å²) in [4.78, 5) is 5.11. The topological polar surface area (TPSA) is 30.8 Å². The van der Waals surface area contributed by atoms with E-state index >= 15 is 0 Å². The largest absolute Gasteiger partial charge is 0.395 e. The first kappa shape index (κ1) is 12.2. The molecule has 0 radical (unpaired) electrons. The van der Waals surface area contributed by atoms with Crippen molar-refractivity contribution in [2.75, 3.05) is 25.7 Å². The van der Waals surface area contributed by atoms with Gasteiger partial charge in [-0.15, -0.1) is 0 Å². The number of hydrogen-bond acceptors (Lipinski definition) is 3. The third kappa shape index (κ3) is 4.44. The van der Waals surface area contributed by atoms with Crippen LogP contribution in [0.15, 0.2) is 35.5 Å². The van der Waals surface area contributed by atoms with Gasteiger partial charge in [-0.3, -0.25) is 0 Å². The highest BCUT2D eigenvalue weighted by atomic mass is 79.9. The number of hydrogen-bond donors (Lipinski definition) is 0. The van der Waals surface area contributed by atoms with Gasteiger partial charge < -0.3 is 9.57 Å². The molecule has 0 spiro atoms. The summed E-state index contributed by atoms with van der Waals surface area (Å²) >= 11 is 3.27. The molecule has 0 atom stereocenters.